The third-order valence-electron chi connectivity index (χ3n) is 2.95. The molecule has 0 bridgehead atoms. The number of halogens is 2. The maximum atomic E-state index is 13.3. The summed E-state index contributed by atoms with van der Waals surface area (Å²) in [4.78, 5) is 14.7. The SMILES string of the molecule is O=C(NCCC1CCOC1)c1ccnc(F)c1F. The van der Waals surface area contributed by atoms with Crippen LogP contribution in [-0.4, -0.2) is 30.6 Å². The molecule has 1 aliphatic rings. The van der Waals surface area contributed by atoms with E-state index < -0.39 is 17.7 Å². The van der Waals surface area contributed by atoms with E-state index in [0.717, 1.165) is 31.7 Å². The van der Waals surface area contributed by atoms with E-state index in [9.17, 15) is 13.6 Å². The van der Waals surface area contributed by atoms with Crippen molar-refractivity contribution in [2.75, 3.05) is 19.8 Å². The Morgan fingerprint density at radius 2 is 2.39 bits per heavy atom. The lowest BCUT2D eigenvalue weighted by atomic mass is 10.1. The first-order chi connectivity index (χ1) is 8.68. The average Bonchev–Trinajstić information content (AvgIpc) is 2.85. The molecular formula is C12H14F2N2O2. The second kappa shape index (κ2) is 5.86. The van der Waals surface area contributed by atoms with Gasteiger partial charge in [-0.3, -0.25) is 4.79 Å². The first-order valence-corrected chi connectivity index (χ1v) is 5.84. The van der Waals surface area contributed by atoms with Gasteiger partial charge in [0.2, 0.25) is 5.95 Å². The lowest BCUT2D eigenvalue weighted by Gasteiger charge is -2.09. The number of rotatable bonds is 4. The Hall–Kier alpha value is -1.56. The molecule has 0 aliphatic carbocycles. The average molecular weight is 256 g/mol. The van der Waals surface area contributed by atoms with Crippen LogP contribution >= 0.6 is 0 Å². The zero-order valence-corrected chi connectivity index (χ0v) is 9.79. The highest BCUT2D eigenvalue weighted by atomic mass is 19.2. The van der Waals surface area contributed by atoms with E-state index in [0.29, 0.717) is 19.1 Å². The van der Waals surface area contributed by atoms with Crippen LogP contribution in [0.2, 0.25) is 0 Å². The first-order valence-electron chi connectivity index (χ1n) is 5.84. The Kier molecular flexibility index (Phi) is 4.19. The van der Waals surface area contributed by atoms with E-state index in [1.165, 1.54) is 0 Å². The van der Waals surface area contributed by atoms with Crippen molar-refractivity contribution in [1.29, 1.82) is 0 Å². The highest BCUT2D eigenvalue weighted by Crippen LogP contribution is 2.15. The summed E-state index contributed by atoms with van der Waals surface area (Å²) in [6.45, 7) is 1.88. The van der Waals surface area contributed by atoms with Crippen LogP contribution in [0, 0.1) is 17.7 Å². The number of amides is 1. The number of carbonyl (C=O) groups excluding carboxylic acids is 1. The number of ether oxygens (including phenoxy) is 1. The van der Waals surface area contributed by atoms with Crippen molar-refractivity contribution in [2.24, 2.45) is 5.92 Å². The number of nitrogens with one attached hydrogen (secondary N) is 1. The molecule has 1 aromatic rings. The highest BCUT2D eigenvalue weighted by molar-refractivity contribution is 5.94. The number of hydrogen-bond acceptors (Lipinski definition) is 3. The Morgan fingerprint density at radius 1 is 1.56 bits per heavy atom. The van der Waals surface area contributed by atoms with Crippen molar-refractivity contribution in [3.63, 3.8) is 0 Å². The van der Waals surface area contributed by atoms with Crippen LogP contribution in [0.15, 0.2) is 12.3 Å². The van der Waals surface area contributed by atoms with Gasteiger partial charge in [0.25, 0.3) is 5.91 Å². The molecule has 0 spiro atoms. The van der Waals surface area contributed by atoms with Crippen molar-refractivity contribution >= 4 is 5.91 Å². The topological polar surface area (TPSA) is 51.2 Å². The summed E-state index contributed by atoms with van der Waals surface area (Å²) < 4.78 is 31.3. The molecule has 1 saturated heterocycles. The molecule has 1 aromatic heterocycles. The first kappa shape index (κ1) is 12.9. The summed E-state index contributed by atoms with van der Waals surface area (Å²) in [5.74, 6) is -2.65. The van der Waals surface area contributed by atoms with Gasteiger partial charge in [-0.05, 0) is 24.8 Å². The lowest BCUT2D eigenvalue weighted by molar-refractivity contribution is 0.0945. The highest BCUT2D eigenvalue weighted by Gasteiger charge is 2.18. The van der Waals surface area contributed by atoms with Crippen LogP contribution < -0.4 is 5.32 Å². The lowest BCUT2D eigenvalue weighted by Crippen LogP contribution is -2.27. The van der Waals surface area contributed by atoms with Gasteiger partial charge >= 0.3 is 0 Å². The van der Waals surface area contributed by atoms with Crippen molar-refractivity contribution < 1.29 is 18.3 Å². The van der Waals surface area contributed by atoms with E-state index in [-0.39, 0.29) is 5.56 Å². The van der Waals surface area contributed by atoms with Crippen LogP contribution in [0.1, 0.15) is 23.2 Å². The van der Waals surface area contributed by atoms with Gasteiger partial charge in [0.1, 0.15) is 0 Å². The molecule has 18 heavy (non-hydrogen) atoms. The van der Waals surface area contributed by atoms with Gasteiger partial charge in [-0.1, -0.05) is 0 Å². The molecule has 0 aromatic carbocycles. The maximum Gasteiger partial charge on any atom is 0.254 e. The number of carbonyl (C=O) groups is 1. The zero-order valence-electron chi connectivity index (χ0n) is 9.79. The molecule has 0 saturated carbocycles. The molecular weight excluding hydrogens is 242 g/mol. The molecule has 0 radical (unpaired) electrons. The molecule has 1 amide bonds. The number of aromatic nitrogens is 1. The molecule has 2 rings (SSSR count). The zero-order chi connectivity index (χ0) is 13.0. The number of pyridine rings is 1. The summed E-state index contributed by atoms with van der Waals surface area (Å²) in [6.07, 6.45) is 2.83. The summed E-state index contributed by atoms with van der Waals surface area (Å²) in [6, 6.07) is 1.16. The predicted octanol–water partition coefficient (Wildman–Crippen LogP) is 1.52. The Balaban J connectivity index is 1.85. The Labute approximate surface area is 103 Å². The molecule has 4 nitrogen and oxygen atoms in total. The number of hydrogen-bond donors (Lipinski definition) is 1. The summed E-state index contributed by atoms with van der Waals surface area (Å²) in [5, 5.41) is 2.56. The molecule has 98 valence electrons. The van der Waals surface area contributed by atoms with Crippen molar-refractivity contribution in [3.8, 4) is 0 Å². The molecule has 1 fully saturated rings. The minimum atomic E-state index is -1.26. The van der Waals surface area contributed by atoms with Crippen LogP contribution in [0.5, 0.6) is 0 Å². The van der Waals surface area contributed by atoms with E-state index >= 15 is 0 Å². The summed E-state index contributed by atoms with van der Waals surface area (Å²) in [7, 11) is 0. The normalized spacial score (nSPS) is 18.9. The van der Waals surface area contributed by atoms with Gasteiger partial charge in [-0.15, -0.1) is 0 Å². The number of nitrogens with zero attached hydrogens (tertiary/aromatic N) is 1. The minimum Gasteiger partial charge on any atom is -0.381 e. The van der Waals surface area contributed by atoms with Crippen LogP contribution in [0.4, 0.5) is 8.78 Å². The van der Waals surface area contributed by atoms with E-state index in [1.54, 1.807) is 0 Å². The van der Waals surface area contributed by atoms with Crippen molar-refractivity contribution in [1.82, 2.24) is 10.3 Å². The van der Waals surface area contributed by atoms with Gasteiger partial charge < -0.3 is 10.1 Å². The molecule has 2 heterocycles. The fraction of sp³-hybridized carbons (Fsp3) is 0.500. The maximum absolute atomic E-state index is 13.3. The summed E-state index contributed by atoms with van der Waals surface area (Å²) in [5.41, 5.74) is -0.315. The van der Waals surface area contributed by atoms with Gasteiger partial charge in [0, 0.05) is 26.0 Å². The molecule has 1 N–H and O–H groups in total. The molecule has 1 aliphatic heterocycles. The van der Waals surface area contributed by atoms with Crippen LogP contribution in [0.25, 0.3) is 0 Å². The van der Waals surface area contributed by atoms with E-state index in [4.69, 9.17) is 4.74 Å². The standard InChI is InChI=1S/C12H14F2N2O2/c13-10-9(2-5-15-11(10)14)12(17)16-4-1-8-3-6-18-7-8/h2,5,8H,1,3-4,6-7H2,(H,16,17). The molecule has 1 unspecified atom stereocenters. The van der Waals surface area contributed by atoms with Crippen LogP contribution in [-0.2, 0) is 4.74 Å². The van der Waals surface area contributed by atoms with Gasteiger partial charge in [0.15, 0.2) is 5.82 Å². The van der Waals surface area contributed by atoms with E-state index in [1.807, 2.05) is 0 Å². The molecule has 1 atom stereocenters. The van der Waals surface area contributed by atoms with Gasteiger partial charge in [0.05, 0.1) is 5.56 Å². The Morgan fingerprint density at radius 3 is 3.11 bits per heavy atom. The monoisotopic (exact) mass is 256 g/mol. The summed E-state index contributed by atoms with van der Waals surface area (Å²) >= 11 is 0. The second-order valence-electron chi connectivity index (χ2n) is 4.24. The van der Waals surface area contributed by atoms with Gasteiger partial charge in [-0.25, -0.2) is 9.37 Å². The van der Waals surface area contributed by atoms with Crippen molar-refractivity contribution in [2.45, 2.75) is 12.8 Å². The fourth-order valence-electron chi connectivity index (χ4n) is 1.89. The minimum absolute atomic E-state index is 0.315. The molecule has 6 heteroatoms. The van der Waals surface area contributed by atoms with Crippen LogP contribution in [0.3, 0.4) is 0 Å². The van der Waals surface area contributed by atoms with Crippen molar-refractivity contribution in [3.05, 3.63) is 29.6 Å². The third-order valence-corrected chi connectivity index (χ3v) is 2.95. The fourth-order valence-corrected chi connectivity index (χ4v) is 1.89. The van der Waals surface area contributed by atoms with E-state index in [2.05, 4.69) is 10.3 Å². The second-order valence-corrected chi connectivity index (χ2v) is 4.24. The third kappa shape index (κ3) is 3.01. The quantitative estimate of drug-likeness (QED) is 0.831. The van der Waals surface area contributed by atoms with Gasteiger partial charge in [-0.2, -0.15) is 4.39 Å². The Bertz CT molecular complexity index is 434. The predicted molar refractivity (Wildman–Crippen MR) is 60.0 cm³/mol. The smallest absolute Gasteiger partial charge is 0.254 e. The largest absolute Gasteiger partial charge is 0.381 e.